The SMILES string of the molecule is CC1CC(Nc2nc(-c3ccccc3)cc(=O)[nH]2)=CC=C1F. The Morgan fingerprint density at radius 2 is 2.05 bits per heavy atom. The van der Waals surface area contributed by atoms with Crippen LogP contribution < -0.4 is 10.9 Å². The number of aromatic nitrogens is 2. The number of benzene rings is 1. The third kappa shape index (κ3) is 3.14. The molecule has 2 N–H and O–H groups in total. The van der Waals surface area contributed by atoms with Crippen molar-refractivity contribution in [3.8, 4) is 11.3 Å². The summed E-state index contributed by atoms with van der Waals surface area (Å²) in [6.45, 7) is 1.82. The third-order valence-electron chi connectivity index (χ3n) is 3.53. The second kappa shape index (κ2) is 5.97. The smallest absolute Gasteiger partial charge is 0.252 e. The maximum Gasteiger partial charge on any atom is 0.252 e. The predicted molar refractivity (Wildman–Crippen MR) is 85.0 cm³/mol. The molecule has 1 aromatic heterocycles. The number of aromatic amines is 1. The van der Waals surface area contributed by atoms with E-state index in [4.69, 9.17) is 0 Å². The van der Waals surface area contributed by atoms with E-state index in [9.17, 15) is 9.18 Å². The molecule has 1 aliphatic carbocycles. The first-order chi connectivity index (χ1) is 10.6. The van der Waals surface area contributed by atoms with Crippen molar-refractivity contribution >= 4 is 5.95 Å². The summed E-state index contributed by atoms with van der Waals surface area (Å²) in [5, 5.41) is 3.07. The molecule has 0 fully saturated rings. The van der Waals surface area contributed by atoms with Crippen LogP contribution in [0.25, 0.3) is 11.3 Å². The molecule has 1 unspecified atom stereocenters. The zero-order valence-corrected chi connectivity index (χ0v) is 12.1. The maximum absolute atomic E-state index is 13.4. The van der Waals surface area contributed by atoms with Crippen LogP contribution in [0.2, 0.25) is 0 Å². The molecule has 1 atom stereocenters. The van der Waals surface area contributed by atoms with Gasteiger partial charge in [0, 0.05) is 23.2 Å². The van der Waals surface area contributed by atoms with Gasteiger partial charge in [0.05, 0.1) is 5.69 Å². The van der Waals surface area contributed by atoms with E-state index in [0.29, 0.717) is 18.1 Å². The van der Waals surface area contributed by atoms with Gasteiger partial charge in [0.25, 0.3) is 5.56 Å². The molecule has 112 valence electrons. The van der Waals surface area contributed by atoms with Crippen LogP contribution in [0.3, 0.4) is 0 Å². The molecule has 22 heavy (non-hydrogen) atoms. The van der Waals surface area contributed by atoms with Gasteiger partial charge in [0.15, 0.2) is 0 Å². The zero-order chi connectivity index (χ0) is 15.5. The molecule has 1 heterocycles. The Kier molecular flexibility index (Phi) is 3.87. The van der Waals surface area contributed by atoms with Gasteiger partial charge in [-0.05, 0) is 18.6 Å². The van der Waals surface area contributed by atoms with Gasteiger partial charge in [0.2, 0.25) is 5.95 Å². The van der Waals surface area contributed by atoms with Crippen molar-refractivity contribution < 1.29 is 4.39 Å². The van der Waals surface area contributed by atoms with E-state index in [2.05, 4.69) is 15.3 Å². The summed E-state index contributed by atoms with van der Waals surface area (Å²) < 4.78 is 13.4. The highest BCUT2D eigenvalue weighted by molar-refractivity contribution is 5.60. The minimum atomic E-state index is -0.234. The Bertz CT molecular complexity index is 793. The lowest BCUT2D eigenvalue weighted by Crippen LogP contribution is -2.15. The molecule has 0 amide bonds. The number of rotatable bonds is 3. The van der Waals surface area contributed by atoms with E-state index < -0.39 is 0 Å². The van der Waals surface area contributed by atoms with Gasteiger partial charge in [-0.3, -0.25) is 9.78 Å². The fraction of sp³-hybridized carbons (Fsp3) is 0.176. The molecule has 3 rings (SSSR count). The lowest BCUT2D eigenvalue weighted by molar-refractivity contribution is 0.484. The highest BCUT2D eigenvalue weighted by Crippen LogP contribution is 2.26. The van der Waals surface area contributed by atoms with E-state index in [1.165, 1.54) is 12.1 Å². The molecule has 1 aromatic carbocycles. The van der Waals surface area contributed by atoms with Crippen molar-refractivity contribution in [1.82, 2.24) is 9.97 Å². The van der Waals surface area contributed by atoms with Crippen molar-refractivity contribution in [3.05, 3.63) is 70.4 Å². The lowest BCUT2D eigenvalue weighted by atomic mass is 9.99. The molecular weight excluding hydrogens is 281 g/mol. The van der Waals surface area contributed by atoms with E-state index in [1.54, 1.807) is 6.08 Å². The van der Waals surface area contributed by atoms with Gasteiger partial charge in [-0.2, -0.15) is 0 Å². The van der Waals surface area contributed by atoms with Crippen LogP contribution >= 0.6 is 0 Å². The average molecular weight is 297 g/mol. The average Bonchev–Trinajstić information content (AvgIpc) is 2.51. The monoisotopic (exact) mass is 297 g/mol. The summed E-state index contributed by atoms with van der Waals surface area (Å²) in [5.41, 5.74) is 2.05. The molecule has 1 aliphatic rings. The van der Waals surface area contributed by atoms with Gasteiger partial charge in [-0.1, -0.05) is 37.3 Å². The summed E-state index contributed by atoms with van der Waals surface area (Å²) >= 11 is 0. The first-order valence-electron chi connectivity index (χ1n) is 7.12. The molecule has 0 aliphatic heterocycles. The predicted octanol–water partition coefficient (Wildman–Crippen LogP) is 3.63. The van der Waals surface area contributed by atoms with Gasteiger partial charge >= 0.3 is 0 Å². The van der Waals surface area contributed by atoms with Gasteiger partial charge in [-0.15, -0.1) is 0 Å². The molecule has 0 saturated heterocycles. The second-order valence-corrected chi connectivity index (χ2v) is 5.32. The summed E-state index contributed by atoms with van der Waals surface area (Å²) in [7, 11) is 0. The van der Waals surface area contributed by atoms with E-state index in [1.807, 2.05) is 37.3 Å². The summed E-state index contributed by atoms with van der Waals surface area (Å²) in [6.07, 6.45) is 3.65. The number of nitrogens with zero attached hydrogens (tertiary/aromatic N) is 1. The molecular formula is C17H16FN3O. The first-order valence-corrected chi connectivity index (χ1v) is 7.12. The molecule has 0 spiro atoms. The Balaban J connectivity index is 1.90. The number of hydrogen-bond donors (Lipinski definition) is 2. The fourth-order valence-electron chi connectivity index (χ4n) is 2.36. The largest absolute Gasteiger partial charge is 0.329 e. The number of anilines is 1. The zero-order valence-electron chi connectivity index (χ0n) is 12.1. The molecule has 0 radical (unpaired) electrons. The molecule has 0 bridgehead atoms. The van der Waals surface area contributed by atoms with Crippen LogP contribution in [0.15, 0.2) is 64.9 Å². The topological polar surface area (TPSA) is 57.8 Å². The molecule has 2 aromatic rings. The summed E-state index contributed by atoms with van der Waals surface area (Å²) in [5.74, 6) is 0.0575. The minimum absolute atomic E-state index is 0.134. The normalized spacial score (nSPS) is 17.6. The van der Waals surface area contributed by atoms with Crippen molar-refractivity contribution in [2.75, 3.05) is 5.32 Å². The Morgan fingerprint density at radius 3 is 2.77 bits per heavy atom. The number of allylic oxidation sites excluding steroid dienone is 4. The Hall–Kier alpha value is -2.69. The highest BCUT2D eigenvalue weighted by atomic mass is 19.1. The summed E-state index contributed by atoms with van der Waals surface area (Å²) in [6, 6.07) is 10.9. The van der Waals surface area contributed by atoms with Crippen molar-refractivity contribution in [2.24, 2.45) is 5.92 Å². The lowest BCUT2D eigenvalue weighted by Gasteiger charge is -2.17. The van der Waals surface area contributed by atoms with Gasteiger partial charge < -0.3 is 5.32 Å². The number of halogens is 1. The number of nitrogens with one attached hydrogen (secondary N) is 2. The Morgan fingerprint density at radius 1 is 1.27 bits per heavy atom. The van der Waals surface area contributed by atoms with E-state index in [-0.39, 0.29) is 17.3 Å². The van der Waals surface area contributed by atoms with Crippen LogP contribution in [-0.4, -0.2) is 9.97 Å². The summed E-state index contributed by atoms with van der Waals surface area (Å²) in [4.78, 5) is 18.9. The minimum Gasteiger partial charge on any atom is -0.329 e. The Labute approximate surface area is 127 Å². The van der Waals surface area contributed by atoms with Crippen LogP contribution in [0.1, 0.15) is 13.3 Å². The number of hydrogen-bond acceptors (Lipinski definition) is 3. The van der Waals surface area contributed by atoms with Crippen LogP contribution in [0.4, 0.5) is 10.3 Å². The molecule has 0 saturated carbocycles. The molecule has 5 heteroatoms. The standard InChI is InChI=1S/C17H16FN3O/c1-11-9-13(7-8-14(11)18)19-17-20-15(10-16(22)21-17)12-5-3-2-4-6-12/h2-8,10-11H,9H2,1H3,(H2,19,20,21,22). The van der Waals surface area contributed by atoms with Crippen LogP contribution in [0.5, 0.6) is 0 Å². The van der Waals surface area contributed by atoms with Crippen molar-refractivity contribution in [1.29, 1.82) is 0 Å². The van der Waals surface area contributed by atoms with E-state index in [0.717, 1.165) is 11.3 Å². The first kappa shape index (κ1) is 14.3. The van der Waals surface area contributed by atoms with Gasteiger partial charge in [-0.25, -0.2) is 9.37 Å². The second-order valence-electron chi connectivity index (χ2n) is 5.32. The molecule has 4 nitrogen and oxygen atoms in total. The van der Waals surface area contributed by atoms with Crippen molar-refractivity contribution in [3.63, 3.8) is 0 Å². The quantitative estimate of drug-likeness (QED) is 0.909. The number of H-pyrrole nitrogens is 1. The third-order valence-corrected chi connectivity index (χ3v) is 3.53. The highest BCUT2D eigenvalue weighted by Gasteiger charge is 2.15. The van der Waals surface area contributed by atoms with E-state index >= 15 is 0 Å². The van der Waals surface area contributed by atoms with Crippen LogP contribution in [0, 0.1) is 5.92 Å². The van der Waals surface area contributed by atoms with Crippen molar-refractivity contribution in [2.45, 2.75) is 13.3 Å². The van der Waals surface area contributed by atoms with Gasteiger partial charge in [0.1, 0.15) is 5.83 Å². The maximum atomic E-state index is 13.4. The van der Waals surface area contributed by atoms with Crippen LogP contribution in [-0.2, 0) is 0 Å². The fourth-order valence-corrected chi connectivity index (χ4v) is 2.36.